The molecule has 3 nitrogen and oxygen atoms in total. The highest BCUT2D eigenvalue weighted by molar-refractivity contribution is 5.78. The van der Waals surface area contributed by atoms with E-state index >= 15 is 0 Å². The lowest BCUT2D eigenvalue weighted by Gasteiger charge is -2.26. The molecule has 0 bridgehead atoms. The van der Waals surface area contributed by atoms with Gasteiger partial charge in [0.2, 0.25) is 5.91 Å². The molecule has 0 unspecified atom stereocenters. The molecule has 0 aliphatic heterocycles. The van der Waals surface area contributed by atoms with E-state index in [4.69, 9.17) is 0 Å². The Balaban J connectivity index is 3.83. The van der Waals surface area contributed by atoms with E-state index in [0.29, 0.717) is 6.54 Å². The van der Waals surface area contributed by atoms with Gasteiger partial charge in [0.1, 0.15) is 0 Å². The van der Waals surface area contributed by atoms with Crippen LogP contribution in [0.2, 0.25) is 0 Å². The molecular formula is C12H26N2O. The molecule has 15 heavy (non-hydrogen) atoms. The van der Waals surface area contributed by atoms with E-state index in [0.717, 1.165) is 19.4 Å². The number of hydrogen-bond acceptors (Lipinski definition) is 2. The quantitative estimate of drug-likeness (QED) is 0.703. The lowest BCUT2D eigenvalue weighted by molar-refractivity contribution is -0.123. The summed E-state index contributed by atoms with van der Waals surface area (Å²) in [6, 6.07) is 0. The number of likely N-dealkylation sites (N-methyl/N-ethyl adjacent to an activating group) is 1. The Bertz CT molecular complexity index is 190. The van der Waals surface area contributed by atoms with Gasteiger partial charge in [-0.05, 0) is 40.3 Å². The lowest BCUT2D eigenvalue weighted by atomic mass is 10.0. The number of carbonyl (C=O) groups is 1. The van der Waals surface area contributed by atoms with Crippen molar-refractivity contribution in [1.29, 1.82) is 0 Å². The maximum absolute atomic E-state index is 11.6. The van der Waals surface area contributed by atoms with Crippen molar-refractivity contribution in [3.8, 4) is 0 Å². The number of nitrogens with zero attached hydrogens (tertiary/aromatic N) is 1. The third kappa shape index (κ3) is 7.37. The number of amides is 1. The number of hydrogen-bond donors (Lipinski definition) is 1. The Morgan fingerprint density at radius 2 is 1.93 bits per heavy atom. The largest absolute Gasteiger partial charge is 0.350 e. The maximum atomic E-state index is 11.6. The molecule has 0 aromatic carbocycles. The van der Waals surface area contributed by atoms with E-state index in [1.807, 2.05) is 7.05 Å². The number of unbranched alkanes of at least 4 members (excludes halogenated alkanes) is 1. The Kier molecular flexibility index (Phi) is 6.57. The van der Waals surface area contributed by atoms with Crippen molar-refractivity contribution in [3.05, 3.63) is 0 Å². The predicted molar refractivity (Wildman–Crippen MR) is 64.9 cm³/mol. The highest BCUT2D eigenvalue weighted by Crippen LogP contribution is 2.06. The molecule has 0 aliphatic carbocycles. The average molecular weight is 214 g/mol. The number of nitrogens with one attached hydrogen (secondary N) is 1. The Morgan fingerprint density at radius 1 is 1.33 bits per heavy atom. The van der Waals surface area contributed by atoms with Gasteiger partial charge in [0.25, 0.3) is 0 Å². The fraction of sp³-hybridized carbons (Fsp3) is 0.917. The monoisotopic (exact) mass is 214 g/mol. The highest BCUT2D eigenvalue weighted by atomic mass is 16.2. The second-order valence-electron chi connectivity index (χ2n) is 4.88. The van der Waals surface area contributed by atoms with Crippen LogP contribution >= 0.6 is 0 Å². The molecule has 90 valence electrons. The standard InChI is InChI=1S/C12H26N2O/c1-6-8-9-14(5)10-11(15)13-12(3,4)7-2/h6-10H2,1-5H3,(H,13,15). The second-order valence-corrected chi connectivity index (χ2v) is 4.88. The van der Waals surface area contributed by atoms with Gasteiger partial charge in [0.05, 0.1) is 6.54 Å². The van der Waals surface area contributed by atoms with Gasteiger partial charge >= 0.3 is 0 Å². The van der Waals surface area contributed by atoms with E-state index in [1.165, 1.54) is 6.42 Å². The van der Waals surface area contributed by atoms with Crippen LogP contribution in [0.4, 0.5) is 0 Å². The van der Waals surface area contributed by atoms with Gasteiger partial charge in [-0.3, -0.25) is 9.69 Å². The van der Waals surface area contributed by atoms with Crippen molar-refractivity contribution in [2.24, 2.45) is 0 Å². The van der Waals surface area contributed by atoms with Crippen molar-refractivity contribution in [2.45, 2.75) is 52.5 Å². The Morgan fingerprint density at radius 3 is 2.40 bits per heavy atom. The molecule has 0 radical (unpaired) electrons. The SMILES string of the molecule is CCCCN(C)CC(=O)NC(C)(C)CC. The topological polar surface area (TPSA) is 32.3 Å². The summed E-state index contributed by atoms with van der Waals surface area (Å²) in [4.78, 5) is 13.7. The molecule has 3 heteroatoms. The molecule has 0 rings (SSSR count). The van der Waals surface area contributed by atoms with E-state index in [9.17, 15) is 4.79 Å². The van der Waals surface area contributed by atoms with Crippen LogP contribution in [0.1, 0.15) is 47.0 Å². The van der Waals surface area contributed by atoms with E-state index in [1.54, 1.807) is 0 Å². The predicted octanol–water partition coefficient (Wildman–Crippen LogP) is 2.02. The maximum Gasteiger partial charge on any atom is 0.234 e. The summed E-state index contributed by atoms with van der Waals surface area (Å²) in [5.74, 6) is 0.125. The van der Waals surface area contributed by atoms with Crippen LogP contribution < -0.4 is 5.32 Å². The van der Waals surface area contributed by atoms with Crippen LogP contribution in [0.15, 0.2) is 0 Å². The zero-order valence-corrected chi connectivity index (χ0v) is 10.9. The smallest absolute Gasteiger partial charge is 0.234 e. The zero-order chi connectivity index (χ0) is 11.9. The van der Waals surface area contributed by atoms with Crippen molar-refractivity contribution in [3.63, 3.8) is 0 Å². The van der Waals surface area contributed by atoms with Crippen molar-refractivity contribution in [2.75, 3.05) is 20.1 Å². The minimum atomic E-state index is -0.0807. The summed E-state index contributed by atoms with van der Waals surface area (Å²) < 4.78 is 0. The zero-order valence-electron chi connectivity index (χ0n) is 10.9. The molecule has 0 heterocycles. The summed E-state index contributed by atoms with van der Waals surface area (Å²) in [7, 11) is 1.99. The molecule has 0 aliphatic rings. The summed E-state index contributed by atoms with van der Waals surface area (Å²) in [5, 5.41) is 3.03. The van der Waals surface area contributed by atoms with Crippen LogP contribution in [0, 0.1) is 0 Å². The van der Waals surface area contributed by atoms with Crippen LogP contribution in [-0.2, 0) is 4.79 Å². The van der Waals surface area contributed by atoms with E-state index < -0.39 is 0 Å². The Hall–Kier alpha value is -0.570. The molecule has 0 aromatic rings. The Labute approximate surface area is 94.2 Å². The first kappa shape index (κ1) is 14.4. The molecule has 0 atom stereocenters. The average Bonchev–Trinajstić information content (AvgIpc) is 2.13. The number of rotatable bonds is 7. The molecule has 0 fully saturated rings. The van der Waals surface area contributed by atoms with Crippen molar-refractivity contribution < 1.29 is 4.79 Å². The molecule has 0 saturated carbocycles. The van der Waals surface area contributed by atoms with E-state index in [2.05, 4.69) is 37.9 Å². The second kappa shape index (κ2) is 6.83. The lowest BCUT2D eigenvalue weighted by Crippen LogP contribution is -2.46. The molecule has 1 N–H and O–H groups in total. The minimum Gasteiger partial charge on any atom is -0.350 e. The van der Waals surface area contributed by atoms with Crippen LogP contribution in [0.3, 0.4) is 0 Å². The fourth-order valence-corrected chi connectivity index (χ4v) is 1.26. The van der Waals surface area contributed by atoms with Gasteiger partial charge in [-0.15, -0.1) is 0 Å². The fourth-order valence-electron chi connectivity index (χ4n) is 1.26. The molecule has 0 saturated heterocycles. The van der Waals surface area contributed by atoms with Gasteiger partial charge in [0.15, 0.2) is 0 Å². The molecule has 1 amide bonds. The third-order valence-corrected chi connectivity index (χ3v) is 2.67. The first-order valence-corrected chi connectivity index (χ1v) is 5.91. The van der Waals surface area contributed by atoms with E-state index in [-0.39, 0.29) is 11.4 Å². The van der Waals surface area contributed by atoms with Crippen molar-refractivity contribution >= 4 is 5.91 Å². The van der Waals surface area contributed by atoms with Gasteiger partial charge in [-0.2, -0.15) is 0 Å². The number of carbonyl (C=O) groups excluding carboxylic acids is 1. The van der Waals surface area contributed by atoms with Gasteiger partial charge < -0.3 is 5.32 Å². The molecule has 0 aromatic heterocycles. The molecular weight excluding hydrogens is 188 g/mol. The summed E-state index contributed by atoms with van der Waals surface area (Å²) >= 11 is 0. The molecule has 0 spiro atoms. The summed E-state index contributed by atoms with van der Waals surface area (Å²) in [6.07, 6.45) is 3.28. The first-order chi connectivity index (χ1) is 6.91. The highest BCUT2D eigenvalue weighted by Gasteiger charge is 2.18. The van der Waals surface area contributed by atoms with Crippen LogP contribution in [0.5, 0.6) is 0 Å². The third-order valence-electron chi connectivity index (χ3n) is 2.67. The van der Waals surface area contributed by atoms with Crippen LogP contribution in [-0.4, -0.2) is 36.5 Å². The van der Waals surface area contributed by atoms with Gasteiger partial charge in [-0.1, -0.05) is 20.3 Å². The van der Waals surface area contributed by atoms with Crippen molar-refractivity contribution in [1.82, 2.24) is 10.2 Å². The normalized spacial score (nSPS) is 11.9. The first-order valence-electron chi connectivity index (χ1n) is 5.91. The summed E-state index contributed by atoms with van der Waals surface area (Å²) in [5.41, 5.74) is -0.0807. The van der Waals surface area contributed by atoms with Crippen LogP contribution in [0.25, 0.3) is 0 Å². The minimum absolute atomic E-state index is 0.0807. The van der Waals surface area contributed by atoms with Gasteiger partial charge in [-0.25, -0.2) is 0 Å². The summed E-state index contributed by atoms with van der Waals surface area (Å²) in [6.45, 7) is 9.85. The van der Waals surface area contributed by atoms with Gasteiger partial charge in [0, 0.05) is 5.54 Å².